The number of phenols is 1. The third-order valence-electron chi connectivity index (χ3n) is 4.36. The largest absolute Gasteiger partial charge is 0.506 e. The Hall–Kier alpha value is -2.68. The molecule has 2 aromatic carbocycles. The number of primary sulfonamides is 1. The van der Waals surface area contributed by atoms with E-state index in [1.165, 1.54) is 12.1 Å². The number of imidazole rings is 1. The van der Waals surface area contributed by atoms with Crippen molar-refractivity contribution in [3.05, 3.63) is 65.5 Å². The molecule has 6 nitrogen and oxygen atoms in total. The fourth-order valence-corrected chi connectivity index (χ4v) is 4.30. The van der Waals surface area contributed by atoms with Crippen LogP contribution in [0.25, 0.3) is 21.7 Å². The van der Waals surface area contributed by atoms with Gasteiger partial charge in [0.1, 0.15) is 11.3 Å². The maximum atomic E-state index is 11.4. The molecule has 3 N–H and O–H groups in total. The molecule has 0 unspecified atom stereocenters. The molecule has 8 heteroatoms. The minimum atomic E-state index is -3.70. The summed E-state index contributed by atoms with van der Waals surface area (Å²) in [5, 5.41) is 17.5. The van der Waals surface area contributed by atoms with Gasteiger partial charge in [-0.05, 0) is 47.7 Å². The molecular formula is C19H17N3O3S2. The van der Waals surface area contributed by atoms with Crippen LogP contribution < -0.4 is 5.14 Å². The SMILES string of the molecule is NS(=O)(=O)c1ccc(CCn2c(-c3cccs3)nc3cccc(O)c32)cc1. The van der Waals surface area contributed by atoms with Gasteiger partial charge in [0.2, 0.25) is 10.0 Å². The molecular weight excluding hydrogens is 382 g/mol. The molecule has 0 spiro atoms. The summed E-state index contributed by atoms with van der Waals surface area (Å²) < 4.78 is 24.8. The van der Waals surface area contributed by atoms with Crippen LogP contribution in [0.4, 0.5) is 0 Å². The Labute approximate surface area is 160 Å². The molecule has 0 aliphatic rings. The van der Waals surface area contributed by atoms with Crippen LogP contribution in [0.1, 0.15) is 5.56 Å². The highest BCUT2D eigenvalue weighted by molar-refractivity contribution is 7.89. The molecule has 0 radical (unpaired) electrons. The fourth-order valence-electron chi connectivity index (χ4n) is 3.06. The van der Waals surface area contributed by atoms with Crippen molar-refractivity contribution in [2.45, 2.75) is 17.9 Å². The van der Waals surface area contributed by atoms with Gasteiger partial charge in [-0.25, -0.2) is 18.5 Å². The van der Waals surface area contributed by atoms with Crippen LogP contribution in [0.15, 0.2) is 64.9 Å². The number of aryl methyl sites for hydroxylation is 2. The van der Waals surface area contributed by atoms with Crippen LogP contribution >= 0.6 is 11.3 Å². The predicted molar refractivity (Wildman–Crippen MR) is 106 cm³/mol. The summed E-state index contributed by atoms with van der Waals surface area (Å²) in [5.41, 5.74) is 2.40. The first-order valence-electron chi connectivity index (χ1n) is 8.27. The van der Waals surface area contributed by atoms with Crippen LogP contribution in [0.5, 0.6) is 5.75 Å². The lowest BCUT2D eigenvalue weighted by molar-refractivity contribution is 0.477. The minimum Gasteiger partial charge on any atom is -0.506 e. The Kier molecular flexibility index (Phi) is 4.47. The number of aromatic hydroxyl groups is 1. The van der Waals surface area contributed by atoms with E-state index in [4.69, 9.17) is 10.1 Å². The second kappa shape index (κ2) is 6.80. The number of hydrogen-bond donors (Lipinski definition) is 2. The highest BCUT2D eigenvalue weighted by atomic mass is 32.2. The molecule has 4 rings (SSSR count). The zero-order chi connectivity index (χ0) is 19.0. The van der Waals surface area contributed by atoms with Gasteiger partial charge >= 0.3 is 0 Å². The van der Waals surface area contributed by atoms with Crippen LogP contribution in [0.2, 0.25) is 0 Å². The number of nitrogens with zero attached hydrogens (tertiary/aromatic N) is 2. The Morgan fingerprint density at radius 3 is 2.52 bits per heavy atom. The van der Waals surface area contributed by atoms with Crippen LogP contribution in [-0.2, 0) is 23.0 Å². The van der Waals surface area contributed by atoms with Gasteiger partial charge < -0.3 is 9.67 Å². The Balaban J connectivity index is 1.70. The summed E-state index contributed by atoms with van der Waals surface area (Å²) in [6, 6.07) is 15.8. The topological polar surface area (TPSA) is 98.2 Å². The number of aromatic nitrogens is 2. The lowest BCUT2D eigenvalue weighted by Crippen LogP contribution is -2.12. The summed E-state index contributed by atoms with van der Waals surface area (Å²) in [6.45, 7) is 0.593. The van der Waals surface area contributed by atoms with E-state index in [2.05, 4.69) is 0 Å². The average Bonchev–Trinajstić information content (AvgIpc) is 3.27. The molecule has 138 valence electrons. The Morgan fingerprint density at radius 2 is 1.85 bits per heavy atom. The summed E-state index contributed by atoms with van der Waals surface area (Å²) in [4.78, 5) is 5.81. The fraction of sp³-hybridized carbons (Fsp3) is 0.105. The van der Waals surface area contributed by atoms with Crippen LogP contribution in [-0.4, -0.2) is 23.1 Å². The minimum absolute atomic E-state index is 0.0937. The molecule has 27 heavy (non-hydrogen) atoms. The quantitative estimate of drug-likeness (QED) is 0.538. The first-order valence-corrected chi connectivity index (χ1v) is 10.7. The first-order chi connectivity index (χ1) is 12.9. The number of phenolic OH excluding ortho intramolecular Hbond substituents is 1. The third kappa shape index (κ3) is 3.46. The van der Waals surface area contributed by atoms with Crippen molar-refractivity contribution in [2.24, 2.45) is 5.14 Å². The summed E-state index contributed by atoms with van der Waals surface area (Å²) in [6.07, 6.45) is 0.656. The van der Waals surface area contributed by atoms with Crippen LogP contribution in [0.3, 0.4) is 0 Å². The van der Waals surface area contributed by atoms with Gasteiger partial charge in [0, 0.05) is 6.54 Å². The summed E-state index contributed by atoms with van der Waals surface area (Å²) in [7, 11) is -3.70. The smallest absolute Gasteiger partial charge is 0.238 e. The average molecular weight is 399 g/mol. The van der Waals surface area contributed by atoms with Gasteiger partial charge in [0.05, 0.1) is 15.3 Å². The van der Waals surface area contributed by atoms with Crippen molar-refractivity contribution in [1.82, 2.24) is 9.55 Å². The highest BCUT2D eigenvalue weighted by Gasteiger charge is 2.16. The zero-order valence-electron chi connectivity index (χ0n) is 14.2. The summed E-state index contributed by atoms with van der Waals surface area (Å²) >= 11 is 1.59. The van der Waals surface area contributed by atoms with E-state index in [0.29, 0.717) is 18.5 Å². The van der Waals surface area contributed by atoms with Gasteiger partial charge in [-0.15, -0.1) is 11.3 Å². The van der Waals surface area contributed by atoms with Crippen molar-refractivity contribution in [1.29, 1.82) is 0 Å². The molecule has 2 aromatic heterocycles. The standard InChI is InChI=1S/C19H17N3O3S2/c20-27(24,25)14-8-6-13(7-9-14)10-11-22-18-15(3-1-4-16(18)23)21-19(22)17-5-2-12-26-17/h1-9,12,23H,10-11H2,(H2,20,24,25). The number of benzene rings is 2. The van der Waals surface area contributed by atoms with Gasteiger partial charge in [-0.2, -0.15) is 0 Å². The number of sulfonamides is 1. The van der Waals surface area contributed by atoms with E-state index in [1.807, 2.05) is 28.1 Å². The van der Waals surface area contributed by atoms with Gasteiger partial charge in [-0.1, -0.05) is 24.3 Å². The maximum absolute atomic E-state index is 11.4. The number of fused-ring (bicyclic) bond motifs is 1. The van der Waals surface area contributed by atoms with E-state index in [-0.39, 0.29) is 10.6 Å². The van der Waals surface area contributed by atoms with E-state index >= 15 is 0 Å². The molecule has 0 bridgehead atoms. The molecule has 0 aliphatic heterocycles. The monoisotopic (exact) mass is 399 g/mol. The molecule has 0 saturated heterocycles. The van der Waals surface area contributed by atoms with Crippen molar-refractivity contribution in [2.75, 3.05) is 0 Å². The zero-order valence-corrected chi connectivity index (χ0v) is 15.9. The van der Waals surface area contributed by atoms with Gasteiger partial charge in [0.15, 0.2) is 5.82 Å². The van der Waals surface area contributed by atoms with Gasteiger partial charge in [-0.3, -0.25) is 0 Å². The van der Waals surface area contributed by atoms with Crippen molar-refractivity contribution >= 4 is 32.4 Å². The third-order valence-corrected chi connectivity index (χ3v) is 6.16. The Morgan fingerprint density at radius 1 is 1.07 bits per heavy atom. The lowest BCUT2D eigenvalue weighted by Gasteiger charge is -2.10. The molecule has 2 heterocycles. The van der Waals surface area contributed by atoms with E-state index in [1.54, 1.807) is 35.6 Å². The number of thiophene rings is 1. The molecule has 0 amide bonds. The van der Waals surface area contributed by atoms with E-state index in [0.717, 1.165) is 21.8 Å². The molecule has 0 saturated carbocycles. The normalized spacial score (nSPS) is 11.9. The molecule has 4 aromatic rings. The highest BCUT2D eigenvalue weighted by Crippen LogP contribution is 2.32. The number of nitrogens with two attached hydrogens (primary N) is 1. The molecule has 0 aliphatic carbocycles. The lowest BCUT2D eigenvalue weighted by atomic mass is 10.1. The first kappa shape index (κ1) is 17.7. The second-order valence-corrected chi connectivity index (χ2v) is 8.66. The number of hydrogen-bond acceptors (Lipinski definition) is 5. The predicted octanol–water partition coefficient (Wildman–Crippen LogP) is 3.36. The van der Waals surface area contributed by atoms with Gasteiger partial charge in [0.25, 0.3) is 0 Å². The van der Waals surface area contributed by atoms with E-state index < -0.39 is 10.0 Å². The molecule has 0 atom stereocenters. The van der Waals surface area contributed by atoms with Crippen molar-refractivity contribution in [3.63, 3.8) is 0 Å². The second-order valence-electron chi connectivity index (χ2n) is 6.15. The van der Waals surface area contributed by atoms with E-state index in [9.17, 15) is 13.5 Å². The maximum Gasteiger partial charge on any atom is 0.238 e. The van der Waals surface area contributed by atoms with Crippen LogP contribution in [0, 0.1) is 0 Å². The number of rotatable bonds is 5. The molecule has 0 fully saturated rings. The van der Waals surface area contributed by atoms with Crippen molar-refractivity contribution in [3.8, 4) is 16.5 Å². The number of para-hydroxylation sites is 1. The Bertz CT molecular complexity index is 1200. The van der Waals surface area contributed by atoms with Crippen molar-refractivity contribution < 1.29 is 13.5 Å². The summed E-state index contributed by atoms with van der Waals surface area (Å²) in [5.74, 6) is 0.995.